The molecular weight excluding hydrogens is 244 g/mol. The summed E-state index contributed by atoms with van der Waals surface area (Å²) < 4.78 is 52.2. The minimum atomic E-state index is -4.88. The maximum absolute atomic E-state index is 13.1. The molecule has 0 amide bonds. The second-order valence-electron chi connectivity index (χ2n) is 2.90. The van der Waals surface area contributed by atoms with E-state index in [1.165, 1.54) is 0 Å². The van der Waals surface area contributed by atoms with Crippen molar-refractivity contribution in [1.29, 1.82) is 0 Å². The van der Waals surface area contributed by atoms with E-state index in [2.05, 4.69) is 4.74 Å². The number of halogens is 4. The summed E-state index contributed by atoms with van der Waals surface area (Å²) in [7, 11) is 0. The first-order valence-electron chi connectivity index (χ1n) is 4.24. The average molecular weight is 250 g/mol. The van der Waals surface area contributed by atoms with Crippen LogP contribution in [0.1, 0.15) is 5.56 Å². The van der Waals surface area contributed by atoms with Crippen molar-refractivity contribution in [2.24, 2.45) is 0 Å². The molecule has 0 heterocycles. The molecule has 0 spiro atoms. The zero-order valence-electron chi connectivity index (χ0n) is 8.16. The first kappa shape index (κ1) is 13.0. The highest BCUT2D eigenvalue weighted by molar-refractivity contribution is 5.85. The van der Waals surface area contributed by atoms with Gasteiger partial charge in [0.15, 0.2) is 0 Å². The highest BCUT2D eigenvalue weighted by Gasteiger charge is 2.31. The number of hydrogen-bond donors (Lipinski definition) is 1. The molecule has 3 nitrogen and oxygen atoms in total. The van der Waals surface area contributed by atoms with Gasteiger partial charge in [-0.15, -0.1) is 13.2 Å². The lowest BCUT2D eigenvalue weighted by atomic mass is 10.2. The zero-order chi connectivity index (χ0) is 13.1. The quantitative estimate of drug-likeness (QED) is 0.662. The van der Waals surface area contributed by atoms with Crippen LogP contribution in [0.3, 0.4) is 0 Å². The molecule has 1 N–H and O–H groups in total. The third kappa shape index (κ3) is 4.54. The topological polar surface area (TPSA) is 46.5 Å². The Kier molecular flexibility index (Phi) is 3.72. The Bertz CT molecular complexity index is 451. The lowest BCUT2D eigenvalue weighted by Gasteiger charge is -2.09. The molecule has 0 aromatic heterocycles. The summed E-state index contributed by atoms with van der Waals surface area (Å²) in [5.74, 6) is -2.81. The molecule has 1 rings (SSSR count). The minimum Gasteiger partial charge on any atom is -0.478 e. The van der Waals surface area contributed by atoms with Gasteiger partial charge in [-0.1, -0.05) is 0 Å². The van der Waals surface area contributed by atoms with Gasteiger partial charge < -0.3 is 9.84 Å². The Morgan fingerprint density at radius 2 is 2.00 bits per heavy atom. The first-order chi connectivity index (χ1) is 7.78. The van der Waals surface area contributed by atoms with Crippen LogP contribution in [0.2, 0.25) is 0 Å². The third-order valence-corrected chi connectivity index (χ3v) is 1.61. The molecule has 0 fully saturated rings. The summed E-state index contributed by atoms with van der Waals surface area (Å²) >= 11 is 0. The van der Waals surface area contributed by atoms with Gasteiger partial charge in [0, 0.05) is 11.6 Å². The largest absolute Gasteiger partial charge is 0.573 e. The molecule has 17 heavy (non-hydrogen) atoms. The van der Waals surface area contributed by atoms with Gasteiger partial charge in [0.05, 0.1) is 0 Å². The van der Waals surface area contributed by atoms with Crippen LogP contribution in [0.5, 0.6) is 5.75 Å². The van der Waals surface area contributed by atoms with Crippen molar-refractivity contribution in [3.63, 3.8) is 0 Å². The van der Waals surface area contributed by atoms with E-state index in [-0.39, 0.29) is 5.56 Å². The Morgan fingerprint density at radius 1 is 1.35 bits per heavy atom. The Morgan fingerprint density at radius 3 is 2.53 bits per heavy atom. The molecule has 92 valence electrons. The Balaban J connectivity index is 2.98. The van der Waals surface area contributed by atoms with Crippen LogP contribution >= 0.6 is 0 Å². The SMILES string of the molecule is O=C(O)C=Cc1cc(OC(F)(F)F)ccc1F. The van der Waals surface area contributed by atoms with Crippen molar-refractivity contribution < 1.29 is 32.2 Å². The third-order valence-electron chi connectivity index (χ3n) is 1.61. The normalized spacial score (nSPS) is 11.8. The van der Waals surface area contributed by atoms with Crippen LogP contribution in [-0.2, 0) is 4.79 Å². The minimum absolute atomic E-state index is 0.311. The number of ether oxygens (including phenoxy) is 1. The number of carboxylic acid groups (broad SMARTS) is 1. The van der Waals surface area contributed by atoms with Crippen LogP contribution in [0.15, 0.2) is 24.3 Å². The van der Waals surface area contributed by atoms with E-state index < -0.39 is 23.9 Å². The van der Waals surface area contributed by atoms with Crippen molar-refractivity contribution in [3.05, 3.63) is 35.7 Å². The monoisotopic (exact) mass is 250 g/mol. The number of aliphatic carboxylic acids is 1. The maximum Gasteiger partial charge on any atom is 0.573 e. The van der Waals surface area contributed by atoms with Crippen molar-refractivity contribution >= 4 is 12.0 Å². The van der Waals surface area contributed by atoms with Gasteiger partial charge in [-0.3, -0.25) is 0 Å². The summed E-state index contributed by atoms with van der Waals surface area (Å²) in [6.07, 6.45) is -3.44. The van der Waals surface area contributed by atoms with Crippen LogP contribution in [-0.4, -0.2) is 17.4 Å². The van der Waals surface area contributed by atoms with Gasteiger partial charge in [0.1, 0.15) is 11.6 Å². The van der Waals surface area contributed by atoms with Gasteiger partial charge in [-0.2, -0.15) is 0 Å². The fourth-order valence-electron chi connectivity index (χ4n) is 1.01. The molecule has 0 aliphatic carbocycles. The summed E-state index contributed by atoms with van der Waals surface area (Å²) in [4.78, 5) is 10.2. The van der Waals surface area contributed by atoms with Gasteiger partial charge in [-0.25, -0.2) is 9.18 Å². The number of carboxylic acids is 1. The fourth-order valence-corrected chi connectivity index (χ4v) is 1.01. The highest BCUT2D eigenvalue weighted by atomic mass is 19.4. The number of carbonyl (C=O) groups is 1. The summed E-state index contributed by atoms with van der Waals surface area (Å²) in [5.41, 5.74) is -0.311. The predicted molar refractivity (Wildman–Crippen MR) is 49.8 cm³/mol. The zero-order valence-corrected chi connectivity index (χ0v) is 8.16. The van der Waals surface area contributed by atoms with Gasteiger partial charge >= 0.3 is 12.3 Å². The number of alkyl halides is 3. The van der Waals surface area contributed by atoms with E-state index in [0.717, 1.165) is 24.3 Å². The molecule has 1 aromatic rings. The second kappa shape index (κ2) is 4.86. The van der Waals surface area contributed by atoms with E-state index in [0.29, 0.717) is 6.08 Å². The second-order valence-corrected chi connectivity index (χ2v) is 2.90. The van der Waals surface area contributed by atoms with Crippen molar-refractivity contribution in [3.8, 4) is 5.75 Å². The molecule has 0 bridgehead atoms. The number of benzene rings is 1. The van der Waals surface area contributed by atoms with Crippen LogP contribution in [0.25, 0.3) is 6.08 Å². The number of hydrogen-bond acceptors (Lipinski definition) is 2. The van der Waals surface area contributed by atoms with Crippen LogP contribution in [0, 0.1) is 5.82 Å². The Hall–Kier alpha value is -2.05. The number of rotatable bonds is 3. The molecule has 0 saturated heterocycles. The fraction of sp³-hybridized carbons (Fsp3) is 0.100. The van der Waals surface area contributed by atoms with Crippen LogP contribution < -0.4 is 4.74 Å². The van der Waals surface area contributed by atoms with Crippen molar-refractivity contribution in [2.45, 2.75) is 6.36 Å². The highest BCUT2D eigenvalue weighted by Crippen LogP contribution is 2.25. The molecule has 0 atom stereocenters. The summed E-state index contributed by atoms with van der Waals surface area (Å²) in [6, 6.07) is 2.30. The standard InChI is InChI=1S/C10H6F4O3/c11-8-3-2-7(17-10(12,13)14)5-6(8)1-4-9(15)16/h1-5H,(H,15,16). The van der Waals surface area contributed by atoms with E-state index in [1.807, 2.05) is 0 Å². The van der Waals surface area contributed by atoms with Gasteiger partial charge in [0.2, 0.25) is 0 Å². The molecular formula is C10H6F4O3. The van der Waals surface area contributed by atoms with Crippen molar-refractivity contribution in [2.75, 3.05) is 0 Å². The van der Waals surface area contributed by atoms with Crippen molar-refractivity contribution in [1.82, 2.24) is 0 Å². The molecule has 1 aromatic carbocycles. The van der Waals surface area contributed by atoms with E-state index in [1.54, 1.807) is 0 Å². The molecule has 0 aliphatic rings. The average Bonchev–Trinajstić information content (AvgIpc) is 2.16. The van der Waals surface area contributed by atoms with Gasteiger partial charge in [0.25, 0.3) is 0 Å². The van der Waals surface area contributed by atoms with E-state index >= 15 is 0 Å². The van der Waals surface area contributed by atoms with E-state index in [4.69, 9.17) is 5.11 Å². The summed E-state index contributed by atoms with van der Waals surface area (Å²) in [5, 5.41) is 8.30. The lowest BCUT2D eigenvalue weighted by Crippen LogP contribution is -2.17. The van der Waals surface area contributed by atoms with Crippen LogP contribution in [0.4, 0.5) is 17.6 Å². The lowest BCUT2D eigenvalue weighted by molar-refractivity contribution is -0.274. The Labute approximate surface area is 92.9 Å². The smallest absolute Gasteiger partial charge is 0.478 e. The molecule has 0 unspecified atom stereocenters. The predicted octanol–water partition coefficient (Wildman–Crippen LogP) is 2.82. The summed E-state index contributed by atoms with van der Waals surface area (Å²) in [6.45, 7) is 0. The van der Waals surface area contributed by atoms with Gasteiger partial charge in [-0.05, 0) is 24.3 Å². The first-order valence-corrected chi connectivity index (χ1v) is 4.24. The molecule has 0 saturated carbocycles. The molecule has 7 heteroatoms. The maximum atomic E-state index is 13.1. The van der Waals surface area contributed by atoms with E-state index in [9.17, 15) is 22.4 Å². The molecule has 0 aliphatic heterocycles. The molecule has 0 radical (unpaired) electrons.